The van der Waals surface area contributed by atoms with Gasteiger partial charge in [0.15, 0.2) is 5.69 Å². The summed E-state index contributed by atoms with van der Waals surface area (Å²) in [6.07, 6.45) is 6.83. The van der Waals surface area contributed by atoms with Gasteiger partial charge in [0, 0.05) is 56.1 Å². The third-order valence-corrected chi connectivity index (χ3v) is 6.81. The molecule has 0 bridgehead atoms. The molecule has 0 atom stereocenters. The molecule has 7 nitrogen and oxygen atoms in total. The van der Waals surface area contributed by atoms with Gasteiger partial charge in [0.1, 0.15) is 6.73 Å². The number of carbonyl (C=O) groups excluding carboxylic acids is 1. The largest absolute Gasteiger partial charge is 0.360 e. The van der Waals surface area contributed by atoms with Crippen LogP contribution in [0.5, 0.6) is 0 Å². The molecule has 0 aliphatic heterocycles. The minimum Gasteiger partial charge on any atom is -0.360 e. The minimum atomic E-state index is -1.18. The topological polar surface area (TPSA) is 81.9 Å². The fourth-order valence-electron chi connectivity index (χ4n) is 3.31. The van der Waals surface area contributed by atoms with Crippen LogP contribution in [0.25, 0.3) is 22.0 Å². The molecule has 8 heteroatoms. The first-order valence-electron chi connectivity index (χ1n) is 10.6. The summed E-state index contributed by atoms with van der Waals surface area (Å²) >= 11 is 0. The third kappa shape index (κ3) is 5.27. The molecule has 0 aliphatic rings. The van der Waals surface area contributed by atoms with Gasteiger partial charge < -0.3 is 10.1 Å². The Hall–Kier alpha value is -3.36. The number of amides is 1. The highest BCUT2D eigenvalue weighted by Crippen LogP contribution is 2.27. The van der Waals surface area contributed by atoms with Crippen LogP contribution in [0, 0.1) is 0 Å². The highest BCUT2D eigenvalue weighted by molar-refractivity contribution is 6.76. The SMILES string of the molecule is C[Si](C)(C)CCOCn1nc(C(=O)Nc2ccncc2)c2cc(-c3cccnc3)ccc21. The van der Waals surface area contributed by atoms with Gasteiger partial charge in [0.05, 0.1) is 5.52 Å². The van der Waals surface area contributed by atoms with E-state index in [2.05, 4.69) is 40.0 Å². The van der Waals surface area contributed by atoms with Crippen molar-refractivity contribution in [3.05, 3.63) is 72.9 Å². The number of nitrogens with one attached hydrogen (secondary N) is 1. The lowest BCUT2D eigenvalue weighted by Crippen LogP contribution is -2.22. The quantitative estimate of drug-likeness (QED) is 0.303. The Morgan fingerprint density at radius 2 is 1.84 bits per heavy atom. The zero-order chi connectivity index (χ0) is 22.6. The van der Waals surface area contributed by atoms with E-state index in [1.807, 2.05) is 36.5 Å². The molecule has 0 saturated carbocycles. The van der Waals surface area contributed by atoms with Crippen LogP contribution in [-0.2, 0) is 11.5 Å². The van der Waals surface area contributed by atoms with Crippen molar-refractivity contribution in [2.75, 3.05) is 11.9 Å². The van der Waals surface area contributed by atoms with Crippen LogP contribution in [0.4, 0.5) is 5.69 Å². The molecule has 1 aromatic carbocycles. The number of hydrogen-bond acceptors (Lipinski definition) is 5. The number of rotatable bonds is 8. The van der Waals surface area contributed by atoms with E-state index < -0.39 is 8.07 Å². The van der Waals surface area contributed by atoms with Gasteiger partial charge in [-0.1, -0.05) is 31.8 Å². The highest BCUT2D eigenvalue weighted by Gasteiger charge is 2.19. The van der Waals surface area contributed by atoms with Crippen LogP contribution in [0.3, 0.4) is 0 Å². The van der Waals surface area contributed by atoms with Gasteiger partial charge >= 0.3 is 0 Å². The molecule has 4 rings (SSSR count). The molecule has 164 valence electrons. The van der Waals surface area contributed by atoms with E-state index in [9.17, 15) is 4.79 Å². The second-order valence-electron chi connectivity index (χ2n) is 8.86. The van der Waals surface area contributed by atoms with Crippen molar-refractivity contribution < 1.29 is 9.53 Å². The first-order valence-corrected chi connectivity index (χ1v) is 14.3. The van der Waals surface area contributed by atoms with Crippen LogP contribution in [0.2, 0.25) is 25.7 Å². The molecule has 3 aromatic heterocycles. The molecule has 0 spiro atoms. The van der Waals surface area contributed by atoms with E-state index in [0.717, 1.165) is 28.1 Å². The van der Waals surface area contributed by atoms with E-state index in [1.165, 1.54) is 0 Å². The molecule has 0 radical (unpaired) electrons. The maximum absolute atomic E-state index is 13.1. The van der Waals surface area contributed by atoms with Gasteiger partial charge in [-0.05, 0) is 41.9 Å². The summed E-state index contributed by atoms with van der Waals surface area (Å²) in [6.45, 7) is 7.95. The molecule has 0 aliphatic carbocycles. The third-order valence-electron chi connectivity index (χ3n) is 5.11. The number of pyridine rings is 2. The summed E-state index contributed by atoms with van der Waals surface area (Å²) in [5.74, 6) is -0.273. The lowest BCUT2D eigenvalue weighted by atomic mass is 10.0. The Kier molecular flexibility index (Phi) is 6.43. The number of fused-ring (bicyclic) bond motifs is 1. The molecule has 0 fully saturated rings. The number of aromatic nitrogens is 4. The molecule has 0 unspecified atom stereocenters. The number of nitrogens with zero attached hydrogens (tertiary/aromatic N) is 4. The summed E-state index contributed by atoms with van der Waals surface area (Å²) < 4.78 is 7.67. The normalized spacial score (nSPS) is 11.6. The predicted octanol–water partition coefficient (Wildman–Crippen LogP) is 5.06. The van der Waals surface area contributed by atoms with Gasteiger partial charge in [-0.2, -0.15) is 5.10 Å². The maximum Gasteiger partial charge on any atom is 0.276 e. The molecule has 32 heavy (non-hydrogen) atoms. The molecule has 3 heterocycles. The van der Waals surface area contributed by atoms with Crippen molar-refractivity contribution >= 4 is 30.6 Å². The Labute approximate surface area is 188 Å². The molecular weight excluding hydrogens is 418 g/mol. The summed E-state index contributed by atoms with van der Waals surface area (Å²) in [4.78, 5) is 21.3. The van der Waals surface area contributed by atoms with E-state index >= 15 is 0 Å². The molecule has 0 saturated heterocycles. The first kappa shape index (κ1) is 21.9. The van der Waals surface area contributed by atoms with Crippen LogP contribution >= 0.6 is 0 Å². The zero-order valence-corrected chi connectivity index (χ0v) is 19.6. The van der Waals surface area contributed by atoms with Gasteiger partial charge in [-0.25, -0.2) is 4.68 Å². The minimum absolute atomic E-state index is 0.273. The fourth-order valence-corrected chi connectivity index (χ4v) is 4.07. The summed E-state index contributed by atoms with van der Waals surface area (Å²) in [6, 6.07) is 14.4. The Morgan fingerprint density at radius 1 is 1.03 bits per heavy atom. The molecule has 1 amide bonds. The second-order valence-corrected chi connectivity index (χ2v) is 14.5. The molecular formula is C24H27N5O2Si. The van der Waals surface area contributed by atoms with E-state index in [-0.39, 0.29) is 5.91 Å². The van der Waals surface area contributed by atoms with Gasteiger partial charge in [0.25, 0.3) is 5.91 Å². The average Bonchev–Trinajstić information content (AvgIpc) is 3.15. The Balaban J connectivity index is 1.66. The van der Waals surface area contributed by atoms with Gasteiger partial charge in [-0.15, -0.1) is 0 Å². The number of hydrogen-bond donors (Lipinski definition) is 1. The van der Waals surface area contributed by atoms with Gasteiger partial charge in [0.2, 0.25) is 0 Å². The Bertz CT molecular complexity index is 1200. The van der Waals surface area contributed by atoms with Crippen LogP contribution < -0.4 is 5.32 Å². The highest BCUT2D eigenvalue weighted by atomic mass is 28.3. The summed E-state index contributed by atoms with van der Waals surface area (Å²) in [5, 5.41) is 8.29. The van der Waals surface area contributed by atoms with Crippen LogP contribution in [-0.4, -0.2) is 40.3 Å². The molecule has 1 N–H and O–H groups in total. The summed E-state index contributed by atoms with van der Waals surface area (Å²) in [5.41, 5.74) is 3.83. The van der Waals surface area contributed by atoms with Crippen molar-refractivity contribution in [3.63, 3.8) is 0 Å². The first-order chi connectivity index (χ1) is 15.4. The van der Waals surface area contributed by atoms with Crippen molar-refractivity contribution in [3.8, 4) is 11.1 Å². The average molecular weight is 446 g/mol. The smallest absolute Gasteiger partial charge is 0.276 e. The Morgan fingerprint density at radius 3 is 2.56 bits per heavy atom. The number of ether oxygens (including phenoxy) is 1. The number of benzene rings is 1. The van der Waals surface area contributed by atoms with E-state index in [0.29, 0.717) is 24.7 Å². The van der Waals surface area contributed by atoms with Crippen molar-refractivity contribution in [1.82, 2.24) is 19.7 Å². The second kappa shape index (κ2) is 9.42. The fraction of sp³-hybridized carbons (Fsp3) is 0.250. The maximum atomic E-state index is 13.1. The number of anilines is 1. The zero-order valence-electron chi connectivity index (χ0n) is 18.6. The van der Waals surface area contributed by atoms with Crippen LogP contribution in [0.15, 0.2) is 67.3 Å². The summed E-state index contributed by atoms with van der Waals surface area (Å²) in [7, 11) is -1.18. The predicted molar refractivity (Wildman–Crippen MR) is 129 cm³/mol. The van der Waals surface area contributed by atoms with Crippen molar-refractivity contribution in [1.29, 1.82) is 0 Å². The van der Waals surface area contributed by atoms with Gasteiger partial charge in [-0.3, -0.25) is 14.8 Å². The van der Waals surface area contributed by atoms with E-state index in [1.54, 1.807) is 35.4 Å². The lowest BCUT2D eigenvalue weighted by molar-refractivity contribution is 0.0809. The van der Waals surface area contributed by atoms with Crippen molar-refractivity contribution in [2.24, 2.45) is 0 Å². The van der Waals surface area contributed by atoms with Crippen molar-refractivity contribution in [2.45, 2.75) is 32.4 Å². The molecule has 4 aromatic rings. The monoisotopic (exact) mass is 445 g/mol. The lowest BCUT2D eigenvalue weighted by Gasteiger charge is -2.15. The standard InChI is InChI=1S/C24H27N5O2Si/c1-32(2,3)14-13-31-17-29-22-7-6-18(19-5-4-10-26-16-19)15-21(22)23(28-29)24(30)27-20-8-11-25-12-9-20/h4-12,15-16H,13-14,17H2,1-3H3,(H,25,27,30). The van der Waals surface area contributed by atoms with Crippen LogP contribution in [0.1, 0.15) is 10.5 Å². The number of carbonyl (C=O) groups is 1. The van der Waals surface area contributed by atoms with E-state index in [4.69, 9.17) is 4.74 Å².